The van der Waals surface area contributed by atoms with E-state index in [1.54, 1.807) is 13.0 Å². The van der Waals surface area contributed by atoms with Gasteiger partial charge in [-0.05, 0) is 23.8 Å². The van der Waals surface area contributed by atoms with E-state index in [4.69, 9.17) is 0 Å². The van der Waals surface area contributed by atoms with Crippen LogP contribution in [0.2, 0.25) is 0 Å². The van der Waals surface area contributed by atoms with Gasteiger partial charge in [0.05, 0.1) is 16.1 Å². The number of allylic oxidation sites excluding steroid dienone is 1. The Morgan fingerprint density at radius 1 is 1.42 bits per heavy atom. The second kappa shape index (κ2) is 6.55. The summed E-state index contributed by atoms with van der Waals surface area (Å²) in [4.78, 5) is 10.0. The quantitative estimate of drug-likeness (QED) is 0.157. The average Bonchev–Trinajstić information content (AvgIpc) is 2.54. The van der Waals surface area contributed by atoms with Gasteiger partial charge < -0.3 is 15.4 Å². The van der Waals surface area contributed by atoms with E-state index in [-0.39, 0.29) is 21.3 Å². The number of aromatic nitrogens is 1. The molecule has 1 heterocycles. The first-order chi connectivity index (χ1) is 11.3. The first-order valence-corrected chi connectivity index (χ1v) is 7.26. The van der Waals surface area contributed by atoms with Crippen LogP contribution in [-0.2, 0) is 0 Å². The lowest BCUT2D eigenvalue weighted by molar-refractivity contribution is -0.624. The smallest absolute Gasteiger partial charge is 0.315 e. The van der Waals surface area contributed by atoms with Gasteiger partial charge in [0, 0.05) is 35.0 Å². The fraction of sp³-hybridized carbons (Fsp3) is 0.0667. The van der Waals surface area contributed by atoms with E-state index in [0.717, 1.165) is 12.1 Å². The molecule has 2 aromatic rings. The van der Waals surface area contributed by atoms with Crippen LogP contribution in [0.1, 0.15) is 16.8 Å². The highest BCUT2D eigenvalue weighted by Gasteiger charge is 2.20. The summed E-state index contributed by atoms with van der Waals surface area (Å²) in [7, 11) is 0. The molecule has 0 saturated carbocycles. The van der Waals surface area contributed by atoms with Crippen molar-refractivity contribution in [1.82, 2.24) is 0 Å². The van der Waals surface area contributed by atoms with Crippen LogP contribution in [0.25, 0.3) is 11.6 Å². The molecular weight excluding hydrogens is 382 g/mol. The van der Waals surface area contributed by atoms with Gasteiger partial charge in [-0.1, -0.05) is 0 Å². The summed E-state index contributed by atoms with van der Waals surface area (Å²) in [6, 6.07) is 7.07. The monoisotopic (exact) mass is 391 g/mol. The van der Waals surface area contributed by atoms with Gasteiger partial charge in [-0.2, -0.15) is 9.99 Å². The summed E-state index contributed by atoms with van der Waals surface area (Å²) in [6.45, 7) is 1.60. The van der Waals surface area contributed by atoms with Gasteiger partial charge in [0.25, 0.3) is 4.60 Å². The molecule has 0 unspecified atom stereocenters. The Labute approximate surface area is 144 Å². The number of nitriles is 1. The SMILES string of the molecule is Cc1ccc(C(C#N)=Cc2cc(O)c(O)c([N+](=O)[O-])c2)c(Br)[n+]1[O-]. The summed E-state index contributed by atoms with van der Waals surface area (Å²) >= 11 is 3.11. The Morgan fingerprint density at radius 2 is 2.08 bits per heavy atom. The highest BCUT2D eigenvalue weighted by molar-refractivity contribution is 9.10. The predicted molar refractivity (Wildman–Crippen MR) is 87.7 cm³/mol. The molecule has 2 rings (SSSR count). The zero-order valence-corrected chi connectivity index (χ0v) is 13.8. The molecule has 0 bridgehead atoms. The molecule has 0 amide bonds. The molecule has 9 heteroatoms. The van der Waals surface area contributed by atoms with E-state index in [1.165, 1.54) is 12.1 Å². The number of hydrogen-bond acceptors (Lipinski definition) is 6. The zero-order valence-electron chi connectivity index (χ0n) is 12.2. The van der Waals surface area contributed by atoms with Crippen LogP contribution in [0.3, 0.4) is 0 Å². The minimum absolute atomic E-state index is 0.0471. The maximum absolute atomic E-state index is 11.9. The highest BCUT2D eigenvalue weighted by Crippen LogP contribution is 2.37. The van der Waals surface area contributed by atoms with E-state index in [1.807, 2.05) is 6.07 Å². The van der Waals surface area contributed by atoms with Gasteiger partial charge in [0.2, 0.25) is 5.75 Å². The van der Waals surface area contributed by atoms with Gasteiger partial charge in [-0.3, -0.25) is 10.1 Å². The van der Waals surface area contributed by atoms with E-state index < -0.39 is 22.1 Å². The molecule has 0 aliphatic heterocycles. The first kappa shape index (κ1) is 17.2. The molecule has 24 heavy (non-hydrogen) atoms. The number of phenols is 2. The van der Waals surface area contributed by atoms with Crippen molar-refractivity contribution in [3.63, 3.8) is 0 Å². The number of phenolic OH excluding ortho intramolecular Hbond substituents is 2. The van der Waals surface area contributed by atoms with Crippen LogP contribution in [0.4, 0.5) is 5.69 Å². The average molecular weight is 392 g/mol. The fourth-order valence-electron chi connectivity index (χ4n) is 1.99. The van der Waals surface area contributed by atoms with Crippen LogP contribution in [0, 0.1) is 33.6 Å². The van der Waals surface area contributed by atoms with Crippen molar-refractivity contribution in [3.8, 4) is 17.6 Å². The maximum atomic E-state index is 11.9. The maximum Gasteiger partial charge on any atom is 0.315 e. The van der Waals surface area contributed by atoms with Crippen LogP contribution in [0.5, 0.6) is 11.5 Å². The lowest BCUT2D eigenvalue weighted by atomic mass is 10.0. The molecule has 0 fully saturated rings. The zero-order chi connectivity index (χ0) is 18.0. The number of aromatic hydroxyl groups is 2. The molecule has 0 aliphatic rings. The number of benzene rings is 1. The molecule has 0 atom stereocenters. The van der Waals surface area contributed by atoms with Crippen molar-refractivity contribution in [2.75, 3.05) is 0 Å². The minimum atomic E-state index is -0.857. The Balaban J connectivity index is 2.63. The number of aryl methyl sites for hydroxylation is 1. The normalized spacial score (nSPS) is 11.1. The minimum Gasteiger partial charge on any atom is -0.618 e. The number of nitro groups is 1. The number of nitrogens with zero attached hydrogens (tertiary/aromatic N) is 3. The third-order valence-corrected chi connectivity index (χ3v) is 3.97. The molecule has 0 radical (unpaired) electrons. The molecule has 0 saturated heterocycles. The van der Waals surface area contributed by atoms with Crippen molar-refractivity contribution in [1.29, 1.82) is 5.26 Å². The van der Waals surface area contributed by atoms with Gasteiger partial charge in [-0.25, -0.2) is 0 Å². The standard InChI is InChI=1S/C15H10BrN3O5/c1-8-2-3-11(15(16)18(8)22)10(7-17)4-9-5-12(19(23)24)14(21)13(20)6-9/h2-6,20-21H,1H3. The number of pyridine rings is 1. The van der Waals surface area contributed by atoms with Gasteiger partial charge in [-0.15, -0.1) is 0 Å². The van der Waals surface area contributed by atoms with Gasteiger partial charge in [0.15, 0.2) is 11.4 Å². The van der Waals surface area contributed by atoms with Crippen LogP contribution >= 0.6 is 15.9 Å². The number of nitro benzene ring substituents is 1. The second-order valence-electron chi connectivity index (χ2n) is 4.81. The molecule has 2 N–H and O–H groups in total. The largest absolute Gasteiger partial charge is 0.618 e. The highest BCUT2D eigenvalue weighted by atomic mass is 79.9. The summed E-state index contributed by atoms with van der Waals surface area (Å²) in [5.41, 5.74) is 0.180. The third-order valence-electron chi connectivity index (χ3n) is 3.22. The number of halogens is 1. The second-order valence-corrected chi connectivity index (χ2v) is 5.56. The van der Waals surface area contributed by atoms with Crippen molar-refractivity contribution in [2.45, 2.75) is 6.92 Å². The Hall–Kier alpha value is -3.12. The Bertz CT molecular complexity index is 918. The van der Waals surface area contributed by atoms with E-state index >= 15 is 0 Å². The van der Waals surface area contributed by atoms with Gasteiger partial charge >= 0.3 is 5.69 Å². The summed E-state index contributed by atoms with van der Waals surface area (Å²) in [5.74, 6) is -1.54. The molecule has 0 aliphatic carbocycles. The predicted octanol–water partition coefficient (Wildman–Crippen LogP) is 2.77. The number of hydrogen-bond donors (Lipinski definition) is 2. The lowest BCUT2D eigenvalue weighted by Crippen LogP contribution is -2.32. The third kappa shape index (κ3) is 3.13. The van der Waals surface area contributed by atoms with Crippen molar-refractivity contribution in [3.05, 3.63) is 61.0 Å². The fourth-order valence-corrected chi connectivity index (χ4v) is 2.62. The number of rotatable bonds is 3. The van der Waals surface area contributed by atoms with E-state index in [9.17, 15) is 30.8 Å². The first-order valence-electron chi connectivity index (χ1n) is 6.47. The van der Waals surface area contributed by atoms with Crippen LogP contribution in [0.15, 0.2) is 28.9 Å². The van der Waals surface area contributed by atoms with E-state index in [0.29, 0.717) is 10.4 Å². The molecule has 8 nitrogen and oxygen atoms in total. The molecule has 1 aromatic heterocycles. The van der Waals surface area contributed by atoms with E-state index in [2.05, 4.69) is 15.9 Å². The summed E-state index contributed by atoms with van der Waals surface area (Å²) in [5, 5.41) is 51.2. The van der Waals surface area contributed by atoms with Crippen LogP contribution < -0.4 is 4.73 Å². The molecular formula is C15H10BrN3O5. The van der Waals surface area contributed by atoms with Crippen molar-refractivity contribution in [2.24, 2.45) is 0 Å². The summed E-state index contributed by atoms with van der Waals surface area (Å²) in [6.07, 6.45) is 1.27. The molecule has 122 valence electrons. The van der Waals surface area contributed by atoms with Gasteiger partial charge in [0.1, 0.15) is 6.07 Å². The Morgan fingerprint density at radius 3 is 2.67 bits per heavy atom. The Kier molecular flexibility index (Phi) is 4.71. The lowest BCUT2D eigenvalue weighted by Gasteiger charge is -2.07. The van der Waals surface area contributed by atoms with Crippen LogP contribution in [-0.4, -0.2) is 15.1 Å². The summed E-state index contributed by atoms with van der Waals surface area (Å²) < 4.78 is 0.713. The van der Waals surface area contributed by atoms with Crippen molar-refractivity contribution < 1.29 is 19.9 Å². The topological polar surface area (TPSA) is 134 Å². The molecule has 1 aromatic carbocycles. The van der Waals surface area contributed by atoms with Crippen molar-refractivity contribution >= 4 is 33.3 Å². The molecule has 0 spiro atoms.